The molecule has 2 aromatic carbocycles. The lowest BCUT2D eigenvalue weighted by molar-refractivity contribution is -0.124. The molecule has 0 spiro atoms. The summed E-state index contributed by atoms with van der Waals surface area (Å²) in [7, 11) is 0. The lowest BCUT2D eigenvalue weighted by Crippen LogP contribution is -2.41. The van der Waals surface area contributed by atoms with Crippen molar-refractivity contribution in [1.82, 2.24) is 10.2 Å². The SMILES string of the molecule is CC1COC(CCN2CCC(C(C(=O)NCc3ccc(F)cc3)c3ccc(C(C)C)cc3)CC2)O1. The van der Waals surface area contributed by atoms with Crippen LogP contribution in [0.25, 0.3) is 0 Å². The van der Waals surface area contributed by atoms with Gasteiger partial charge in [-0.05, 0) is 73.5 Å². The Kier molecular flexibility index (Phi) is 8.93. The molecule has 0 radical (unpaired) electrons. The van der Waals surface area contributed by atoms with E-state index >= 15 is 0 Å². The molecule has 0 saturated carbocycles. The Balaban J connectivity index is 1.39. The molecular formula is C29H39FN2O3. The number of halogens is 1. The summed E-state index contributed by atoms with van der Waals surface area (Å²) >= 11 is 0. The van der Waals surface area contributed by atoms with Crippen molar-refractivity contribution in [1.29, 1.82) is 0 Å². The fourth-order valence-electron chi connectivity index (χ4n) is 5.16. The molecule has 3 atom stereocenters. The van der Waals surface area contributed by atoms with Crippen molar-refractivity contribution in [3.8, 4) is 0 Å². The van der Waals surface area contributed by atoms with E-state index in [1.807, 2.05) is 6.92 Å². The Bertz CT molecular complexity index is 939. The molecule has 2 aromatic rings. The van der Waals surface area contributed by atoms with Crippen molar-refractivity contribution in [2.45, 2.75) is 70.8 Å². The average molecular weight is 483 g/mol. The maximum Gasteiger partial charge on any atom is 0.228 e. The number of nitrogens with one attached hydrogen (secondary N) is 1. The van der Waals surface area contributed by atoms with Gasteiger partial charge in [-0.3, -0.25) is 4.79 Å². The summed E-state index contributed by atoms with van der Waals surface area (Å²) in [6, 6.07) is 14.9. The zero-order valence-corrected chi connectivity index (χ0v) is 21.2. The Morgan fingerprint density at radius 1 is 1.06 bits per heavy atom. The van der Waals surface area contributed by atoms with Gasteiger partial charge in [0, 0.05) is 19.5 Å². The minimum Gasteiger partial charge on any atom is -0.351 e. The first-order valence-corrected chi connectivity index (χ1v) is 13.0. The Morgan fingerprint density at radius 2 is 1.71 bits per heavy atom. The highest BCUT2D eigenvalue weighted by Crippen LogP contribution is 2.34. The van der Waals surface area contributed by atoms with Crippen molar-refractivity contribution < 1.29 is 18.7 Å². The number of hydrogen-bond acceptors (Lipinski definition) is 4. The normalized spacial score (nSPS) is 22.4. The number of likely N-dealkylation sites (tertiary alicyclic amines) is 1. The quantitative estimate of drug-likeness (QED) is 0.533. The van der Waals surface area contributed by atoms with Crippen molar-refractivity contribution in [2.75, 3.05) is 26.2 Å². The zero-order valence-electron chi connectivity index (χ0n) is 21.2. The maximum atomic E-state index is 13.5. The van der Waals surface area contributed by atoms with Gasteiger partial charge in [0.05, 0.1) is 18.6 Å². The monoisotopic (exact) mass is 482 g/mol. The second-order valence-corrected chi connectivity index (χ2v) is 10.3. The van der Waals surface area contributed by atoms with E-state index in [-0.39, 0.29) is 36.0 Å². The highest BCUT2D eigenvalue weighted by atomic mass is 19.1. The molecule has 2 aliphatic heterocycles. The predicted octanol–water partition coefficient (Wildman–Crippen LogP) is 5.21. The van der Waals surface area contributed by atoms with Gasteiger partial charge >= 0.3 is 0 Å². The van der Waals surface area contributed by atoms with Gasteiger partial charge in [0.25, 0.3) is 0 Å². The van der Waals surface area contributed by atoms with Crippen molar-refractivity contribution >= 4 is 5.91 Å². The number of ether oxygens (including phenoxy) is 2. The molecule has 0 aliphatic carbocycles. The van der Waals surface area contributed by atoms with Gasteiger partial charge in [-0.25, -0.2) is 4.39 Å². The van der Waals surface area contributed by atoms with Gasteiger partial charge in [0.2, 0.25) is 5.91 Å². The number of carbonyl (C=O) groups excluding carboxylic acids is 1. The topological polar surface area (TPSA) is 50.8 Å². The van der Waals surface area contributed by atoms with Gasteiger partial charge in [-0.2, -0.15) is 0 Å². The number of piperidine rings is 1. The molecule has 190 valence electrons. The number of carbonyl (C=O) groups is 1. The van der Waals surface area contributed by atoms with E-state index in [4.69, 9.17) is 9.47 Å². The first-order valence-electron chi connectivity index (χ1n) is 13.0. The summed E-state index contributed by atoms with van der Waals surface area (Å²) in [5.41, 5.74) is 3.25. The van der Waals surface area contributed by atoms with Gasteiger partial charge in [-0.1, -0.05) is 50.2 Å². The Morgan fingerprint density at radius 3 is 2.31 bits per heavy atom. The standard InChI is InChI=1S/C29H39FN2O3/c1-20(2)23-6-8-24(9-7-23)28(29(33)31-18-22-4-10-26(30)11-5-22)25-12-15-32(16-13-25)17-14-27-34-19-21(3)35-27/h4-11,20-21,25,27-28H,12-19H2,1-3H3,(H,31,33). The second kappa shape index (κ2) is 12.1. The smallest absolute Gasteiger partial charge is 0.228 e. The summed E-state index contributed by atoms with van der Waals surface area (Å²) in [6.07, 6.45) is 2.93. The first kappa shape index (κ1) is 25.8. The van der Waals surface area contributed by atoms with Gasteiger partial charge < -0.3 is 19.7 Å². The molecule has 6 heteroatoms. The highest BCUT2D eigenvalue weighted by molar-refractivity contribution is 5.84. The van der Waals surface area contributed by atoms with Gasteiger partial charge in [0.1, 0.15) is 5.82 Å². The van der Waals surface area contributed by atoms with Crippen LogP contribution in [0.15, 0.2) is 48.5 Å². The number of benzene rings is 2. The lowest BCUT2D eigenvalue weighted by atomic mass is 9.79. The third kappa shape index (κ3) is 7.12. The molecule has 0 aromatic heterocycles. The second-order valence-electron chi connectivity index (χ2n) is 10.3. The molecule has 1 amide bonds. The van der Waals surface area contributed by atoms with Gasteiger partial charge in [-0.15, -0.1) is 0 Å². The third-order valence-corrected chi connectivity index (χ3v) is 7.31. The van der Waals surface area contributed by atoms with Crippen molar-refractivity contribution in [3.63, 3.8) is 0 Å². The molecule has 5 nitrogen and oxygen atoms in total. The summed E-state index contributed by atoms with van der Waals surface area (Å²) in [4.78, 5) is 15.9. The van der Waals surface area contributed by atoms with Crippen LogP contribution in [0.4, 0.5) is 4.39 Å². The molecule has 3 unspecified atom stereocenters. The molecule has 0 bridgehead atoms. The Labute approximate surface area is 209 Å². The summed E-state index contributed by atoms with van der Waals surface area (Å²) in [5.74, 6) is 0.320. The number of amides is 1. The lowest BCUT2D eigenvalue weighted by Gasteiger charge is -2.36. The van der Waals surface area contributed by atoms with Crippen molar-refractivity contribution in [3.05, 3.63) is 71.0 Å². The van der Waals surface area contributed by atoms with E-state index in [0.717, 1.165) is 50.0 Å². The molecule has 2 saturated heterocycles. The van der Waals surface area contributed by atoms with Crippen LogP contribution in [-0.4, -0.2) is 49.4 Å². The zero-order chi connectivity index (χ0) is 24.8. The Hall–Kier alpha value is -2.28. The summed E-state index contributed by atoms with van der Waals surface area (Å²) in [5, 5.41) is 3.12. The molecule has 1 N–H and O–H groups in total. The van der Waals surface area contributed by atoms with Gasteiger partial charge in [0.15, 0.2) is 6.29 Å². The molecule has 4 rings (SSSR count). The number of nitrogens with zero attached hydrogens (tertiary/aromatic N) is 1. The number of hydrogen-bond donors (Lipinski definition) is 1. The molecule has 2 heterocycles. The highest BCUT2D eigenvalue weighted by Gasteiger charge is 2.33. The summed E-state index contributed by atoms with van der Waals surface area (Å²) < 4.78 is 24.7. The van der Waals surface area contributed by atoms with Crippen LogP contribution >= 0.6 is 0 Å². The third-order valence-electron chi connectivity index (χ3n) is 7.31. The van der Waals surface area contributed by atoms with E-state index in [2.05, 4.69) is 48.3 Å². The van der Waals surface area contributed by atoms with E-state index < -0.39 is 0 Å². The fraction of sp³-hybridized carbons (Fsp3) is 0.552. The maximum absolute atomic E-state index is 13.5. The molecular weight excluding hydrogens is 443 g/mol. The minimum absolute atomic E-state index is 0.0480. The van der Waals surface area contributed by atoms with Crippen LogP contribution in [0.5, 0.6) is 0 Å². The fourth-order valence-corrected chi connectivity index (χ4v) is 5.16. The van der Waals surface area contributed by atoms with E-state index in [1.54, 1.807) is 12.1 Å². The first-order chi connectivity index (χ1) is 16.9. The molecule has 2 fully saturated rings. The largest absolute Gasteiger partial charge is 0.351 e. The minimum atomic E-state index is -0.268. The van der Waals surface area contributed by atoms with Crippen LogP contribution in [0.1, 0.15) is 68.6 Å². The van der Waals surface area contributed by atoms with Crippen LogP contribution in [0, 0.1) is 11.7 Å². The van der Waals surface area contributed by atoms with E-state index in [1.165, 1.54) is 17.7 Å². The molecule has 2 aliphatic rings. The van der Waals surface area contributed by atoms with Crippen LogP contribution in [0.2, 0.25) is 0 Å². The van der Waals surface area contributed by atoms with Crippen LogP contribution in [0.3, 0.4) is 0 Å². The summed E-state index contributed by atoms with van der Waals surface area (Å²) in [6.45, 7) is 10.4. The average Bonchev–Trinajstić information content (AvgIpc) is 3.28. The number of rotatable bonds is 9. The van der Waals surface area contributed by atoms with E-state index in [9.17, 15) is 9.18 Å². The molecule has 35 heavy (non-hydrogen) atoms. The predicted molar refractivity (Wildman–Crippen MR) is 136 cm³/mol. The van der Waals surface area contributed by atoms with Crippen LogP contribution < -0.4 is 5.32 Å². The van der Waals surface area contributed by atoms with Crippen LogP contribution in [-0.2, 0) is 20.8 Å². The van der Waals surface area contributed by atoms with Crippen molar-refractivity contribution in [2.24, 2.45) is 5.92 Å². The van der Waals surface area contributed by atoms with E-state index in [0.29, 0.717) is 19.1 Å².